The summed E-state index contributed by atoms with van der Waals surface area (Å²) in [6.45, 7) is 7.17. The lowest BCUT2D eigenvalue weighted by atomic mass is 10.2. The third-order valence-electron chi connectivity index (χ3n) is 2.25. The summed E-state index contributed by atoms with van der Waals surface area (Å²) in [6, 6.07) is 0.235. The van der Waals surface area contributed by atoms with Crippen LogP contribution in [0.15, 0.2) is 6.20 Å². The average molecular weight is 217 g/mol. The number of alkyl halides is 2. The Morgan fingerprint density at radius 3 is 2.80 bits per heavy atom. The van der Waals surface area contributed by atoms with E-state index in [9.17, 15) is 8.78 Å². The van der Waals surface area contributed by atoms with Gasteiger partial charge in [0.1, 0.15) is 0 Å². The van der Waals surface area contributed by atoms with E-state index in [-0.39, 0.29) is 11.9 Å². The molecule has 5 heteroatoms. The van der Waals surface area contributed by atoms with Gasteiger partial charge in [-0.05, 0) is 6.92 Å². The van der Waals surface area contributed by atoms with Crippen LogP contribution in [-0.2, 0) is 13.1 Å². The minimum atomic E-state index is -2.47. The zero-order valence-electron chi connectivity index (χ0n) is 9.30. The van der Waals surface area contributed by atoms with Crippen molar-refractivity contribution in [2.24, 2.45) is 0 Å². The highest BCUT2D eigenvalue weighted by molar-refractivity contribution is 5.09. The number of halogens is 2. The van der Waals surface area contributed by atoms with Crippen molar-refractivity contribution < 1.29 is 8.78 Å². The molecule has 0 fully saturated rings. The Kier molecular flexibility index (Phi) is 4.20. The number of hydrogen-bond acceptors (Lipinski definition) is 2. The van der Waals surface area contributed by atoms with Gasteiger partial charge in [-0.3, -0.25) is 0 Å². The Hall–Kier alpha value is -0.970. The summed E-state index contributed by atoms with van der Waals surface area (Å²) < 4.78 is 26.4. The molecule has 86 valence electrons. The lowest BCUT2D eigenvalue weighted by molar-refractivity contribution is 0.133. The van der Waals surface area contributed by atoms with Crippen LogP contribution >= 0.6 is 0 Å². The average Bonchev–Trinajstić information content (AvgIpc) is 2.63. The van der Waals surface area contributed by atoms with Gasteiger partial charge in [-0.1, -0.05) is 13.8 Å². The SMILES string of the molecule is CC.CC1Cn2c(cnc2C(F)F)CN1. The van der Waals surface area contributed by atoms with Gasteiger partial charge in [0.25, 0.3) is 6.43 Å². The molecule has 0 saturated heterocycles. The highest BCUT2D eigenvalue weighted by Crippen LogP contribution is 2.21. The summed E-state index contributed by atoms with van der Waals surface area (Å²) in [4.78, 5) is 3.70. The molecular weight excluding hydrogens is 200 g/mol. The van der Waals surface area contributed by atoms with Crippen LogP contribution in [0, 0.1) is 0 Å². The van der Waals surface area contributed by atoms with Gasteiger partial charge in [0.05, 0.1) is 11.9 Å². The Morgan fingerprint density at radius 2 is 2.20 bits per heavy atom. The fraction of sp³-hybridized carbons (Fsp3) is 0.700. The second kappa shape index (κ2) is 5.21. The standard InChI is InChI=1S/C8H11F2N3.C2H6/c1-5-4-13-6(2-11-5)3-12-8(13)7(9)10;1-2/h3,5,7,11H,2,4H2,1H3;1-2H3. The first-order valence-corrected chi connectivity index (χ1v) is 5.24. The van der Waals surface area contributed by atoms with E-state index >= 15 is 0 Å². The van der Waals surface area contributed by atoms with Gasteiger partial charge in [0.2, 0.25) is 0 Å². The van der Waals surface area contributed by atoms with Crippen LogP contribution in [0.2, 0.25) is 0 Å². The van der Waals surface area contributed by atoms with E-state index in [0.29, 0.717) is 13.1 Å². The normalized spacial score (nSPS) is 19.5. The topological polar surface area (TPSA) is 29.9 Å². The summed E-state index contributed by atoms with van der Waals surface area (Å²) in [5.41, 5.74) is 0.841. The molecule has 15 heavy (non-hydrogen) atoms. The maximum atomic E-state index is 12.4. The summed E-state index contributed by atoms with van der Waals surface area (Å²) in [6.07, 6.45) is -0.959. The molecule has 1 unspecified atom stereocenters. The Labute approximate surface area is 88.5 Å². The van der Waals surface area contributed by atoms with Gasteiger partial charge < -0.3 is 9.88 Å². The van der Waals surface area contributed by atoms with Crippen LogP contribution < -0.4 is 5.32 Å². The third-order valence-corrected chi connectivity index (χ3v) is 2.25. The van der Waals surface area contributed by atoms with E-state index in [0.717, 1.165) is 5.69 Å². The maximum Gasteiger partial charge on any atom is 0.295 e. The minimum absolute atomic E-state index is 0.108. The lowest BCUT2D eigenvalue weighted by Gasteiger charge is -2.23. The first-order valence-electron chi connectivity index (χ1n) is 5.24. The van der Waals surface area contributed by atoms with E-state index in [1.807, 2.05) is 20.8 Å². The molecule has 0 amide bonds. The van der Waals surface area contributed by atoms with Crippen molar-refractivity contribution in [1.29, 1.82) is 0 Å². The zero-order chi connectivity index (χ0) is 11.4. The smallest absolute Gasteiger partial charge is 0.295 e. The molecule has 1 atom stereocenters. The van der Waals surface area contributed by atoms with Gasteiger partial charge in [-0.2, -0.15) is 0 Å². The van der Waals surface area contributed by atoms with Crippen LogP contribution in [0.3, 0.4) is 0 Å². The van der Waals surface area contributed by atoms with Crippen molar-refractivity contribution in [2.75, 3.05) is 0 Å². The van der Waals surface area contributed by atoms with Crippen LogP contribution in [0.25, 0.3) is 0 Å². The molecule has 0 saturated carbocycles. The third kappa shape index (κ3) is 2.53. The van der Waals surface area contributed by atoms with Crippen molar-refractivity contribution in [1.82, 2.24) is 14.9 Å². The number of fused-ring (bicyclic) bond motifs is 1. The summed E-state index contributed by atoms with van der Waals surface area (Å²) >= 11 is 0. The molecule has 1 aliphatic heterocycles. The lowest BCUT2D eigenvalue weighted by Crippen LogP contribution is -2.36. The first kappa shape index (κ1) is 12.1. The molecule has 2 heterocycles. The largest absolute Gasteiger partial charge is 0.324 e. The summed E-state index contributed by atoms with van der Waals surface area (Å²) in [5, 5.41) is 3.18. The quantitative estimate of drug-likeness (QED) is 0.782. The van der Waals surface area contributed by atoms with Crippen LogP contribution in [0.4, 0.5) is 8.78 Å². The first-order chi connectivity index (χ1) is 7.18. The summed E-state index contributed by atoms with van der Waals surface area (Å²) in [5.74, 6) is -0.108. The van der Waals surface area contributed by atoms with Gasteiger partial charge in [-0.15, -0.1) is 0 Å². The van der Waals surface area contributed by atoms with Gasteiger partial charge >= 0.3 is 0 Å². The van der Waals surface area contributed by atoms with Gasteiger partial charge in [0, 0.05) is 19.1 Å². The zero-order valence-corrected chi connectivity index (χ0v) is 9.30. The molecule has 1 aromatic rings. The monoisotopic (exact) mass is 217 g/mol. The second-order valence-corrected chi connectivity index (χ2v) is 3.30. The van der Waals surface area contributed by atoms with E-state index in [2.05, 4.69) is 10.3 Å². The van der Waals surface area contributed by atoms with E-state index < -0.39 is 6.43 Å². The Bertz CT molecular complexity index is 310. The van der Waals surface area contributed by atoms with Crippen LogP contribution in [-0.4, -0.2) is 15.6 Å². The molecule has 0 aromatic carbocycles. The van der Waals surface area contributed by atoms with Crippen LogP contribution in [0.5, 0.6) is 0 Å². The Morgan fingerprint density at radius 1 is 1.53 bits per heavy atom. The van der Waals surface area contributed by atoms with Crippen molar-refractivity contribution in [3.05, 3.63) is 17.7 Å². The number of nitrogens with one attached hydrogen (secondary N) is 1. The minimum Gasteiger partial charge on any atom is -0.324 e. The fourth-order valence-electron chi connectivity index (χ4n) is 1.57. The molecule has 2 rings (SSSR count). The fourth-order valence-corrected chi connectivity index (χ4v) is 1.57. The molecule has 0 radical (unpaired) electrons. The number of hydrogen-bond donors (Lipinski definition) is 1. The Balaban J connectivity index is 0.000000531. The molecule has 0 spiro atoms. The van der Waals surface area contributed by atoms with Crippen molar-refractivity contribution in [3.63, 3.8) is 0 Å². The predicted octanol–water partition coefficient (Wildman–Crippen LogP) is 2.34. The van der Waals surface area contributed by atoms with Gasteiger partial charge in [-0.25, -0.2) is 13.8 Å². The van der Waals surface area contributed by atoms with E-state index in [4.69, 9.17) is 0 Å². The number of nitrogens with zero attached hydrogens (tertiary/aromatic N) is 2. The molecule has 1 aromatic heterocycles. The van der Waals surface area contributed by atoms with Crippen molar-refractivity contribution in [3.8, 4) is 0 Å². The molecular formula is C10H17F2N3. The number of aromatic nitrogens is 2. The molecule has 1 aliphatic rings. The van der Waals surface area contributed by atoms with Crippen LogP contribution in [0.1, 0.15) is 38.7 Å². The number of imidazole rings is 1. The van der Waals surface area contributed by atoms with Crippen molar-refractivity contribution in [2.45, 2.75) is 46.3 Å². The van der Waals surface area contributed by atoms with Crippen molar-refractivity contribution >= 4 is 0 Å². The number of rotatable bonds is 1. The van der Waals surface area contributed by atoms with Gasteiger partial charge in [0.15, 0.2) is 5.82 Å². The molecule has 3 nitrogen and oxygen atoms in total. The highest BCUT2D eigenvalue weighted by Gasteiger charge is 2.22. The predicted molar refractivity (Wildman–Crippen MR) is 54.8 cm³/mol. The second-order valence-electron chi connectivity index (χ2n) is 3.30. The molecule has 0 aliphatic carbocycles. The summed E-state index contributed by atoms with van der Waals surface area (Å²) in [7, 11) is 0. The molecule has 0 bridgehead atoms. The maximum absolute atomic E-state index is 12.4. The van der Waals surface area contributed by atoms with E-state index in [1.54, 1.807) is 4.57 Å². The van der Waals surface area contributed by atoms with E-state index in [1.165, 1.54) is 6.20 Å². The molecule has 1 N–H and O–H groups in total. The highest BCUT2D eigenvalue weighted by atomic mass is 19.3.